The molecule has 0 aromatic heterocycles. The van der Waals surface area contributed by atoms with Crippen LogP contribution >= 0.6 is 0 Å². The van der Waals surface area contributed by atoms with E-state index in [0.29, 0.717) is 18.1 Å². The molecule has 1 rings (SSSR count). The Hall–Kier alpha value is -0.853. The SMILES string of the molecule is CC(C)(C)[Si](C)(C)OC/C(N)=C/C(N)=NC1CCOCC1. The lowest BCUT2D eigenvalue weighted by molar-refractivity contribution is 0.0871. The Kier molecular flexibility index (Phi) is 6.43. The van der Waals surface area contributed by atoms with Crippen molar-refractivity contribution in [1.82, 2.24) is 0 Å². The lowest BCUT2D eigenvalue weighted by atomic mass is 10.1. The van der Waals surface area contributed by atoms with Gasteiger partial charge in [-0.3, -0.25) is 4.99 Å². The molecule has 0 aliphatic carbocycles. The molecule has 122 valence electrons. The van der Waals surface area contributed by atoms with E-state index >= 15 is 0 Å². The molecule has 1 aliphatic heterocycles. The lowest BCUT2D eigenvalue weighted by Crippen LogP contribution is -2.41. The van der Waals surface area contributed by atoms with Gasteiger partial charge in [-0.2, -0.15) is 0 Å². The van der Waals surface area contributed by atoms with Crippen molar-refractivity contribution in [1.29, 1.82) is 0 Å². The van der Waals surface area contributed by atoms with Crippen molar-refractivity contribution in [3.05, 3.63) is 11.8 Å². The van der Waals surface area contributed by atoms with E-state index in [2.05, 4.69) is 38.9 Å². The fourth-order valence-electron chi connectivity index (χ4n) is 1.77. The summed E-state index contributed by atoms with van der Waals surface area (Å²) in [4.78, 5) is 4.48. The summed E-state index contributed by atoms with van der Waals surface area (Å²) < 4.78 is 11.4. The first kappa shape index (κ1) is 18.2. The summed E-state index contributed by atoms with van der Waals surface area (Å²) in [6.07, 6.45) is 3.58. The van der Waals surface area contributed by atoms with Gasteiger partial charge in [0.2, 0.25) is 0 Å². The van der Waals surface area contributed by atoms with Crippen molar-refractivity contribution in [2.75, 3.05) is 19.8 Å². The highest BCUT2D eigenvalue weighted by atomic mass is 28.4. The molecule has 1 aliphatic rings. The van der Waals surface area contributed by atoms with Gasteiger partial charge in [-0.25, -0.2) is 0 Å². The number of hydrogen-bond donors (Lipinski definition) is 2. The summed E-state index contributed by atoms with van der Waals surface area (Å²) in [5.41, 5.74) is 12.6. The summed E-state index contributed by atoms with van der Waals surface area (Å²) in [5, 5.41) is 0.176. The van der Waals surface area contributed by atoms with Gasteiger partial charge < -0.3 is 20.6 Å². The fourth-order valence-corrected chi connectivity index (χ4v) is 2.73. The van der Waals surface area contributed by atoms with Crippen molar-refractivity contribution in [2.24, 2.45) is 16.5 Å². The van der Waals surface area contributed by atoms with E-state index in [9.17, 15) is 0 Å². The van der Waals surface area contributed by atoms with Crippen molar-refractivity contribution < 1.29 is 9.16 Å². The smallest absolute Gasteiger partial charge is 0.192 e. The average Bonchev–Trinajstić information content (AvgIpc) is 2.36. The topological polar surface area (TPSA) is 82.9 Å². The minimum Gasteiger partial charge on any atom is -0.411 e. The average molecular weight is 314 g/mol. The first-order valence-corrected chi connectivity index (χ1v) is 10.5. The Morgan fingerprint density at radius 3 is 2.38 bits per heavy atom. The van der Waals surface area contributed by atoms with Crippen LogP contribution in [-0.2, 0) is 9.16 Å². The van der Waals surface area contributed by atoms with E-state index in [4.69, 9.17) is 20.6 Å². The van der Waals surface area contributed by atoms with Gasteiger partial charge in [0.15, 0.2) is 8.32 Å². The molecule has 1 saturated heterocycles. The molecular formula is C15H31N3O2Si. The highest BCUT2D eigenvalue weighted by Gasteiger charge is 2.37. The van der Waals surface area contributed by atoms with E-state index in [-0.39, 0.29) is 11.1 Å². The zero-order valence-corrected chi connectivity index (χ0v) is 15.1. The van der Waals surface area contributed by atoms with Crippen LogP contribution in [0.2, 0.25) is 18.1 Å². The van der Waals surface area contributed by atoms with Crippen molar-refractivity contribution in [2.45, 2.75) is 57.8 Å². The molecule has 0 aromatic rings. The van der Waals surface area contributed by atoms with E-state index < -0.39 is 8.32 Å². The third-order valence-electron chi connectivity index (χ3n) is 4.26. The van der Waals surface area contributed by atoms with Gasteiger partial charge in [-0.1, -0.05) is 20.8 Å². The second kappa shape index (κ2) is 7.42. The largest absolute Gasteiger partial charge is 0.411 e. The second-order valence-corrected chi connectivity index (χ2v) is 12.0. The van der Waals surface area contributed by atoms with Crippen LogP contribution in [0.15, 0.2) is 16.8 Å². The van der Waals surface area contributed by atoms with Crippen LogP contribution in [0, 0.1) is 0 Å². The van der Waals surface area contributed by atoms with Crippen LogP contribution in [0.4, 0.5) is 0 Å². The number of hydrogen-bond acceptors (Lipinski definition) is 4. The molecule has 0 bridgehead atoms. The predicted octanol–water partition coefficient (Wildman–Crippen LogP) is 2.39. The molecule has 4 N–H and O–H groups in total. The Balaban J connectivity index is 2.53. The normalized spacial score (nSPS) is 19.9. The number of aliphatic imine (C=N–C) groups is 1. The second-order valence-electron chi connectivity index (χ2n) is 7.17. The number of rotatable bonds is 5. The molecule has 0 spiro atoms. The minimum absolute atomic E-state index is 0.176. The Bertz CT molecular complexity index is 394. The zero-order valence-electron chi connectivity index (χ0n) is 14.1. The van der Waals surface area contributed by atoms with E-state index in [1.165, 1.54) is 0 Å². The molecule has 0 amide bonds. The number of ether oxygens (including phenoxy) is 1. The van der Waals surface area contributed by atoms with Gasteiger partial charge in [-0.05, 0) is 31.0 Å². The van der Waals surface area contributed by atoms with Gasteiger partial charge in [0.25, 0.3) is 0 Å². The maximum absolute atomic E-state index is 6.06. The molecular weight excluding hydrogens is 282 g/mol. The maximum Gasteiger partial charge on any atom is 0.192 e. The van der Waals surface area contributed by atoms with Gasteiger partial charge in [0, 0.05) is 25.0 Å². The van der Waals surface area contributed by atoms with Crippen LogP contribution in [0.3, 0.4) is 0 Å². The minimum atomic E-state index is -1.78. The van der Waals surface area contributed by atoms with E-state index in [1.54, 1.807) is 6.08 Å². The van der Waals surface area contributed by atoms with Gasteiger partial charge in [0.1, 0.15) is 5.84 Å². The number of amidine groups is 1. The van der Waals surface area contributed by atoms with Crippen molar-refractivity contribution in [3.8, 4) is 0 Å². The molecule has 6 heteroatoms. The Morgan fingerprint density at radius 1 is 1.29 bits per heavy atom. The summed E-state index contributed by atoms with van der Waals surface area (Å²) >= 11 is 0. The Morgan fingerprint density at radius 2 is 1.86 bits per heavy atom. The first-order valence-electron chi connectivity index (χ1n) is 7.63. The molecule has 21 heavy (non-hydrogen) atoms. The maximum atomic E-state index is 6.06. The summed E-state index contributed by atoms with van der Waals surface area (Å²) in [7, 11) is -1.78. The third kappa shape index (κ3) is 6.19. The quantitative estimate of drug-likeness (QED) is 0.464. The fraction of sp³-hybridized carbons (Fsp3) is 0.800. The predicted molar refractivity (Wildman–Crippen MR) is 90.9 cm³/mol. The molecule has 0 radical (unpaired) electrons. The van der Waals surface area contributed by atoms with Crippen LogP contribution in [-0.4, -0.2) is 40.0 Å². The van der Waals surface area contributed by atoms with Crippen molar-refractivity contribution in [3.63, 3.8) is 0 Å². The van der Waals surface area contributed by atoms with Gasteiger partial charge in [0.05, 0.1) is 12.6 Å². The molecule has 0 aromatic carbocycles. The number of nitrogens with zero attached hydrogens (tertiary/aromatic N) is 1. The van der Waals surface area contributed by atoms with Gasteiger partial charge in [-0.15, -0.1) is 0 Å². The Labute approximate surface area is 129 Å². The summed E-state index contributed by atoms with van der Waals surface area (Å²) in [5.74, 6) is 0.484. The van der Waals surface area contributed by atoms with Crippen LogP contribution in [0.25, 0.3) is 0 Å². The highest BCUT2D eigenvalue weighted by Crippen LogP contribution is 2.36. The molecule has 1 fully saturated rings. The van der Waals surface area contributed by atoms with Crippen LogP contribution in [0.1, 0.15) is 33.6 Å². The monoisotopic (exact) mass is 313 g/mol. The highest BCUT2D eigenvalue weighted by molar-refractivity contribution is 6.74. The molecule has 0 atom stereocenters. The molecule has 1 heterocycles. The van der Waals surface area contributed by atoms with Crippen LogP contribution < -0.4 is 11.5 Å². The number of nitrogens with two attached hydrogens (primary N) is 2. The van der Waals surface area contributed by atoms with Crippen molar-refractivity contribution >= 4 is 14.2 Å². The molecule has 0 unspecified atom stereocenters. The molecule has 5 nitrogen and oxygen atoms in total. The third-order valence-corrected chi connectivity index (χ3v) is 8.74. The zero-order chi connectivity index (χ0) is 16.1. The summed E-state index contributed by atoms with van der Waals surface area (Å²) in [6.45, 7) is 13.0. The first-order chi connectivity index (χ1) is 9.62. The summed E-state index contributed by atoms with van der Waals surface area (Å²) in [6, 6.07) is 0.254. The van der Waals surface area contributed by atoms with E-state index in [0.717, 1.165) is 26.1 Å². The van der Waals surface area contributed by atoms with Gasteiger partial charge >= 0.3 is 0 Å². The molecule has 0 saturated carbocycles. The lowest BCUT2D eigenvalue weighted by Gasteiger charge is -2.36. The standard InChI is InChI=1S/C15H31N3O2Si/c1-15(2,3)21(4,5)20-11-12(16)10-14(17)18-13-6-8-19-9-7-13/h10,13H,6-9,11,16H2,1-5H3,(H2,17,18)/b12-10-. The van der Waals surface area contributed by atoms with E-state index in [1.807, 2.05) is 0 Å². The van der Waals surface area contributed by atoms with Crippen LogP contribution in [0.5, 0.6) is 0 Å².